The van der Waals surface area contributed by atoms with Crippen molar-refractivity contribution in [3.63, 3.8) is 0 Å². The number of hydrogen-bond acceptors (Lipinski definition) is 2. The van der Waals surface area contributed by atoms with Gasteiger partial charge in [-0.3, -0.25) is 10.1 Å². The molecule has 0 aromatic heterocycles. The van der Waals surface area contributed by atoms with E-state index in [1.54, 1.807) is 0 Å². The molecular formula is C15H28N2O. The summed E-state index contributed by atoms with van der Waals surface area (Å²) >= 11 is 0. The fourth-order valence-corrected chi connectivity index (χ4v) is 3.03. The average molecular weight is 252 g/mol. The molecule has 3 unspecified atom stereocenters. The number of nitrogens with zero attached hydrogens (tertiary/aromatic N) is 1. The molecule has 1 amide bonds. The molecule has 0 spiro atoms. The van der Waals surface area contributed by atoms with Crippen molar-refractivity contribution >= 4 is 5.91 Å². The molecule has 0 aromatic carbocycles. The summed E-state index contributed by atoms with van der Waals surface area (Å²) < 4.78 is 0. The van der Waals surface area contributed by atoms with Crippen LogP contribution in [0.25, 0.3) is 0 Å². The predicted octanol–water partition coefficient (Wildman–Crippen LogP) is 2.76. The minimum Gasteiger partial charge on any atom is -0.326 e. The summed E-state index contributed by atoms with van der Waals surface area (Å²) in [7, 11) is 0. The number of carbonyl (C=O) groups is 1. The highest BCUT2D eigenvalue weighted by atomic mass is 16.2. The molecule has 18 heavy (non-hydrogen) atoms. The molecule has 3 atom stereocenters. The van der Waals surface area contributed by atoms with Crippen LogP contribution in [0, 0.1) is 11.8 Å². The zero-order chi connectivity index (χ0) is 13.1. The standard InChI is InChI=1S/C15H28N2O/c1-4-7-13-16-14(11(3)5-2)15(18)17(13)10-12-8-6-9-12/h11-14,16H,4-10H2,1-3H3. The summed E-state index contributed by atoms with van der Waals surface area (Å²) in [5.74, 6) is 1.57. The van der Waals surface area contributed by atoms with Gasteiger partial charge in [0.2, 0.25) is 5.91 Å². The van der Waals surface area contributed by atoms with E-state index in [1.165, 1.54) is 19.3 Å². The Hall–Kier alpha value is -0.570. The molecule has 1 saturated heterocycles. The summed E-state index contributed by atoms with van der Waals surface area (Å²) in [4.78, 5) is 14.7. The van der Waals surface area contributed by atoms with E-state index in [2.05, 4.69) is 31.0 Å². The third-order valence-electron chi connectivity index (χ3n) is 4.75. The van der Waals surface area contributed by atoms with Crippen LogP contribution in [-0.4, -0.2) is 29.6 Å². The summed E-state index contributed by atoms with van der Waals surface area (Å²) in [5, 5.41) is 3.57. The van der Waals surface area contributed by atoms with Crippen molar-refractivity contribution in [2.24, 2.45) is 11.8 Å². The van der Waals surface area contributed by atoms with E-state index in [9.17, 15) is 4.79 Å². The molecule has 0 bridgehead atoms. The molecule has 3 heteroatoms. The highest BCUT2D eigenvalue weighted by molar-refractivity contribution is 5.84. The Kier molecular flexibility index (Phi) is 4.66. The Morgan fingerprint density at radius 3 is 2.61 bits per heavy atom. The first-order valence-corrected chi connectivity index (χ1v) is 7.73. The molecule has 104 valence electrons. The predicted molar refractivity (Wildman–Crippen MR) is 74.1 cm³/mol. The number of hydrogen-bond donors (Lipinski definition) is 1. The largest absolute Gasteiger partial charge is 0.326 e. The van der Waals surface area contributed by atoms with Crippen LogP contribution in [0.1, 0.15) is 59.3 Å². The first kappa shape index (κ1) is 13.9. The van der Waals surface area contributed by atoms with Crippen molar-refractivity contribution < 1.29 is 4.79 Å². The van der Waals surface area contributed by atoms with Gasteiger partial charge >= 0.3 is 0 Å². The minimum absolute atomic E-state index is 0.0617. The lowest BCUT2D eigenvalue weighted by molar-refractivity contribution is -0.131. The summed E-state index contributed by atoms with van der Waals surface area (Å²) in [6, 6.07) is 0.0617. The Morgan fingerprint density at radius 2 is 2.11 bits per heavy atom. The van der Waals surface area contributed by atoms with E-state index in [4.69, 9.17) is 0 Å². The first-order valence-electron chi connectivity index (χ1n) is 7.73. The van der Waals surface area contributed by atoms with Crippen molar-refractivity contribution in [3.8, 4) is 0 Å². The third kappa shape index (κ3) is 2.71. The molecule has 0 aromatic rings. The second-order valence-corrected chi connectivity index (χ2v) is 6.12. The molecule has 2 fully saturated rings. The van der Waals surface area contributed by atoms with Crippen LogP contribution in [0.5, 0.6) is 0 Å². The normalized spacial score (nSPS) is 30.6. The lowest BCUT2D eigenvalue weighted by Crippen LogP contribution is -2.41. The maximum atomic E-state index is 12.5. The van der Waals surface area contributed by atoms with E-state index >= 15 is 0 Å². The zero-order valence-electron chi connectivity index (χ0n) is 12.1. The monoisotopic (exact) mass is 252 g/mol. The maximum absolute atomic E-state index is 12.5. The fourth-order valence-electron chi connectivity index (χ4n) is 3.03. The highest BCUT2D eigenvalue weighted by Gasteiger charge is 2.41. The molecule has 0 radical (unpaired) electrons. The van der Waals surface area contributed by atoms with Crippen molar-refractivity contribution in [2.45, 2.75) is 71.5 Å². The molecule has 1 aliphatic carbocycles. The van der Waals surface area contributed by atoms with Gasteiger partial charge in [0.1, 0.15) is 0 Å². The van der Waals surface area contributed by atoms with Crippen LogP contribution in [0.15, 0.2) is 0 Å². The van der Waals surface area contributed by atoms with E-state index in [0.29, 0.717) is 18.0 Å². The van der Waals surface area contributed by atoms with Gasteiger partial charge in [0.05, 0.1) is 12.2 Å². The molecule has 1 N–H and O–H groups in total. The number of carbonyl (C=O) groups excluding carboxylic acids is 1. The Bertz CT molecular complexity index is 288. The first-order chi connectivity index (χ1) is 8.67. The number of rotatable bonds is 6. The lowest BCUT2D eigenvalue weighted by atomic mass is 9.85. The van der Waals surface area contributed by atoms with E-state index in [0.717, 1.165) is 31.7 Å². The zero-order valence-corrected chi connectivity index (χ0v) is 12.1. The molecule has 3 nitrogen and oxygen atoms in total. The van der Waals surface area contributed by atoms with Gasteiger partial charge in [-0.25, -0.2) is 0 Å². The number of amides is 1. The van der Waals surface area contributed by atoms with Crippen molar-refractivity contribution in [3.05, 3.63) is 0 Å². The second kappa shape index (κ2) is 6.05. The van der Waals surface area contributed by atoms with E-state index in [1.807, 2.05) is 0 Å². The van der Waals surface area contributed by atoms with Crippen LogP contribution in [0.4, 0.5) is 0 Å². The van der Waals surface area contributed by atoms with Gasteiger partial charge in [-0.2, -0.15) is 0 Å². The van der Waals surface area contributed by atoms with Gasteiger partial charge in [0.25, 0.3) is 0 Å². The van der Waals surface area contributed by atoms with E-state index < -0.39 is 0 Å². The molecule has 1 saturated carbocycles. The highest BCUT2D eigenvalue weighted by Crippen LogP contribution is 2.30. The van der Waals surface area contributed by atoms with Gasteiger partial charge in [-0.1, -0.05) is 40.0 Å². The number of nitrogens with one attached hydrogen (secondary N) is 1. The Balaban J connectivity index is 2.00. The maximum Gasteiger partial charge on any atom is 0.241 e. The van der Waals surface area contributed by atoms with Crippen molar-refractivity contribution in [1.82, 2.24) is 10.2 Å². The van der Waals surface area contributed by atoms with Crippen LogP contribution in [0.3, 0.4) is 0 Å². The molecular weight excluding hydrogens is 224 g/mol. The van der Waals surface area contributed by atoms with Gasteiger partial charge < -0.3 is 4.90 Å². The summed E-state index contributed by atoms with van der Waals surface area (Å²) in [5.41, 5.74) is 0. The van der Waals surface area contributed by atoms with Crippen molar-refractivity contribution in [1.29, 1.82) is 0 Å². The topological polar surface area (TPSA) is 32.3 Å². The average Bonchev–Trinajstić information content (AvgIpc) is 2.61. The quantitative estimate of drug-likeness (QED) is 0.788. The van der Waals surface area contributed by atoms with Crippen LogP contribution in [0.2, 0.25) is 0 Å². The van der Waals surface area contributed by atoms with Crippen LogP contribution < -0.4 is 5.32 Å². The van der Waals surface area contributed by atoms with E-state index in [-0.39, 0.29) is 6.04 Å². The van der Waals surface area contributed by atoms with Crippen molar-refractivity contribution in [2.75, 3.05) is 6.54 Å². The van der Waals surface area contributed by atoms with Gasteiger partial charge in [-0.05, 0) is 31.1 Å². The van der Waals surface area contributed by atoms with Gasteiger partial charge in [0, 0.05) is 6.54 Å². The Labute approximate surface area is 111 Å². The summed E-state index contributed by atoms with van der Waals surface area (Å²) in [6.07, 6.45) is 7.58. The molecule has 2 rings (SSSR count). The van der Waals surface area contributed by atoms with Gasteiger partial charge in [0.15, 0.2) is 0 Å². The Morgan fingerprint density at radius 1 is 1.39 bits per heavy atom. The van der Waals surface area contributed by atoms with Crippen LogP contribution in [-0.2, 0) is 4.79 Å². The molecule has 2 aliphatic rings. The lowest BCUT2D eigenvalue weighted by Gasteiger charge is -2.33. The summed E-state index contributed by atoms with van der Waals surface area (Å²) in [6.45, 7) is 7.54. The van der Waals surface area contributed by atoms with Gasteiger partial charge in [-0.15, -0.1) is 0 Å². The molecule has 1 heterocycles. The smallest absolute Gasteiger partial charge is 0.241 e. The fraction of sp³-hybridized carbons (Fsp3) is 0.933. The SMILES string of the molecule is CCCC1NC(C(C)CC)C(=O)N1CC1CCC1. The minimum atomic E-state index is 0.0617. The second-order valence-electron chi connectivity index (χ2n) is 6.12. The molecule has 1 aliphatic heterocycles. The van der Waals surface area contributed by atoms with Crippen LogP contribution >= 0.6 is 0 Å². The third-order valence-corrected chi connectivity index (χ3v) is 4.75.